The summed E-state index contributed by atoms with van der Waals surface area (Å²) in [5.41, 5.74) is 3.61. The van der Waals surface area contributed by atoms with Crippen LogP contribution in [0.2, 0.25) is 0 Å². The molecule has 0 saturated carbocycles. The van der Waals surface area contributed by atoms with Crippen LogP contribution in [0.5, 0.6) is 5.75 Å². The number of carbonyl (C=O) groups excluding carboxylic acids is 1. The quantitative estimate of drug-likeness (QED) is 0.227. The summed E-state index contributed by atoms with van der Waals surface area (Å²) >= 11 is 2.87. The van der Waals surface area contributed by atoms with Crippen LogP contribution in [0.3, 0.4) is 0 Å². The molecule has 0 saturated heterocycles. The van der Waals surface area contributed by atoms with E-state index in [9.17, 15) is 9.59 Å². The Morgan fingerprint density at radius 1 is 1.16 bits per heavy atom. The predicted molar refractivity (Wildman–Crippen MR) is 156 cm³/mol. The largest absolute Gasteiger partial charge is 0.494 e. The number of benzene rings is 2. The molecule has 0 aliphatic carbocycles. The molecule has 0 unspecified atom stereocenters. The lowest BCUT2D eigenvalue weighted by Gasteiger charge is -2.30. The summed E-state index contributed by atoms with van der Waals surface area (Å²) < 4.78 is 7.24. The number of nitrogens with one attached hydrogen (secondary N) is 1. The number of rotatable bonds is 8. The van der Waals surface area contributed by atoms with Crippen molar-refractivity contribution in [2.75, 3.05) is 24.2 Å². The summed E-state index contributed by atoms with van der Waals surface area (Å²) in [5, 5.41) is 4.14. The maximum atomic E-state index is 14.0. The van der Waals surface area contributed by atoms with Gasteiger partial charge in [-0.2, -0.15) is 0 Å². The number of carbonyl (C=O) groups is 1. The molecule has 2 aromatic carbocycles. The highest BCUT2D eigenvalue weighted by Gasteiger charge is 2.26. The molecule has 0 bridgehead atoms. The third-order valence-corrected chi connectivity index (χ3v) is 8.73. The number of hydrogen-bond donors (Lipinski definition) is 1. The van der Waals surface area contributed by atoms with Gasteiger partial charge in [-0.15, -0.1) is 11.3 Å². The molecule has 1 amide bonds. The van der Waals surface area contributed by atoms with Gasteiger partial charge in [0.05, 0.1) is 23.4 Å². The number of nitrogens with zero attached hydrogens (tertiary/aromatic N) is 3. The van der Waals surface area contributed by atoms with Gasteiger partial charge in [0.15, 0.2) is 5.16 Å². The van der Waals surface area contributed by atoms with Crippen molar-refractivity contribution in [2.45, 2.75) is 51.9 Å². The number of anilines is 1. The number of hydrogen-bond acceptors (Lipinski definition) is 7. The Kier molecular flexibility index (Phi) is 7.88. The van der Waals surface area contributed by atoms with Gasteiger partial charge in [0.25, 0.3) is 5.56 Å². The number of aryl methyl sites for hydroxylation is 1. The van der Waals surface area contributed by atoms with Crippen LogP contribution in [0.1, 0.15) is 36.8 Å². The number of fused-ring (bicyclic) bond motifs is 3. The van der Waals surface area contributed by atoms with Gasteiger partial charge in [-0.05, 0) is 76.1 Å². The molecule has 3 heterocycles. The van der Waals surface area contributed by atoms with Crippen LogP contribution < -0.4 is 15.6 Å². The standard InChI is InChI=1S/C29H32N4O3S2/c1-5-36-22-12-10-21(11-13-22)33-28(35)26-23-14-15-32(18(2)3)16-24(23)38-27(26)31-29(33)37-17-25(34)30-20-8-6-19(4)7-9-20/h6-13,18H,5,14-17H2,1-4H3,(H,30,34). The summed E-state index contributed by atoms with van der Waals surface area (Å²) in [7, 11) is 0. The van der Waals surface area contributed by atoms with E-state index in [-0.39, 0.29) is 17.2 Å². The van der Waals surface area contributed by atoms with Crippen LogP contribution in [-0.4, -0.2) is 45.3 Å². The first-order chi connectivity index (χ1) is 18.3. The van der Waals surface area contributed by atoms with Crippen molar-refractivity contribution in [3.8, 4) is 11.4 Å². The van der Waals surface area contributed by atoms with Crippen molar-refractivity contribution >= 4 is 44.9 Å². The van der Waals surface area contributed by atoms with Gasteiger partial charge in [-0.3, -0.25) is 19.1 Å². The van der Waals surface area contributed by atoms with Crippen LogP contribution in [0, 0.1) is 6.92 Å². The van der Waals surface area contributed by atoms with Crippen LogP contribution in [0.15, 0.2) is 58.5 Å². The van der Waals surface area contributed by atoms with E-state index in [0.717, 1.165) is 46.9 Å². The van der Waals surface area contributed by atoms with Crippen molar-refractivity contribution in [1.82, 2.24) is 14.5 Å². The topological polar surface area (TPSA) is 76.5 Å². The van der Waals surface area contributed by atoms with E-state index < -0.39 is 0 Å². The van der Waals surface area contributed by atoms with Gasteiger partial charge in [0.2, 0.25) is 5.91 Å². The number of thioether (sulfide) groups is 1. The van der Waals surface area contributed by atoms with Crippen molar-refractivity contribution in [2.24, 2.45) is 0 Å². The second kappa shape index (κ2) is 11.3. The van der Waals surface area contributed by atoms with E-state index in [1.165, 1.54) is 16.6 Å². The molecular weight excluding hydrogens is 516 g/mol. The minimum atomic E-state index is -0.149. The van der Waals surface area contributed by atoms with E-state index >= 15 is 0 Å². The van der Waals surface area contributed by atoms with E-state index in [4.69, 9.17) is 9.72 Å². The minimum Gasteiger partial charge on any atom is -0.494 e. The van der Waals surface area contributed by atoms with E-state index in [1.807, 2.05) is 62.4 Å². The molecule has 0 atom stereocenters. The average Bonchev–Trinajstić information content (AvgIpc) is 3.27. The monoisotopic (exact) mass is 548 g/mol. The summed E-state index contributed by atoms with van der Waals surface area (Å²) in [6.07, 6.45) is 0.832. The van der Waals surface area contributed by atoms with Gasteiger partial charge >= 0.3 is 0 Å². The molecule has 2 aromatic heterocycles. The molecule has 198 valence electrons. The van der Waals surface area contributed by atoms with E-state index in [1.54, 1.807) is 15.9 Å². The molecule has 9 heteroatoms. The van der Waals surface area contributed by atoms with Crippen molar-refractivity contribution in [3.63, 3.8) is 0 Å². The Morgan fingerprint density at radius 2 is 1.89 bits per heavy atom. The predicted octanol–water partition coefficient (Wildman–Crippen LogP) is 5.65. The molecule has 1 aliphatic rings. The summed E-state index contributed by atoms with van der Waals surface area (Å²) in [5.74, 6) is 0.728. The van der Waals surface area contributed by atoms with Gasteiger partial charge in [-0.25, -0.2) is 4.98 Å². The lowest BCUT2D eigenvalue weighted by molar-refractivity contribution is -0.113. The first-order valence-corrected chi connectivity index (χ1v) is 14.7. The van der Waals surface area contributed by atoms with Gasteiger partial charge < -0.3 is 10.1 Å². The fraction of sp³-hybridized carbons (Fsp3) is 0.345. The number of ether oxygens (including phenoxy) is 1. The average molecular weight is 549 g/mol. The van der Waals surface area contributed by atoms with E-state index in [0.29, 0.717) is 28.9 Å². The van der Waals surface area contributed by atoms with Crippen LogP contribution in [0.25, 0.3) is 15.9 Å². The van der Waals surface area contributed by atoms with Gasteiger partial charge in [0.1, 0.15) is 10.6 Å². The highest BCUT2D eigenvalue weighted by molar-refractivity contribution is 7.99. The SMILES string of the molecule is CCOc1ccc(-n2c(SCC(=O)Nc3ccc(C)cc3)nc3sc4c(c3c2=O)CCN(C(C)C)C4)cc1. The maximum absolute atomic E-state index is 14.0. The van der Waals surface area contributed by atoms with Crippen LogP contribution in [-0.2, 0) is 17.8 Å². The first kappa shape index (κ1) is 26.5. The highest BCUT2D eigenvalue weighted by atomic mass is 32.2. The second-order valence-corrected chi connectivity index (χ2v) is 11.7. The fourth-order valence-corrected chi connectivity index (χ4v) is 6.73. The van der Waals surface area contributed by atoms with Crippen molar-refractivity contribution in [1.29, 1.82) is 0 Å². The lowest BCUT2D eigenvalue weighted by Crippen LogP contribution is -2.35. The normalized spacial score (nSPS) is 13.6. The molecule has 5 rings (SSSR count). The molecule has 0 spiro atoms. The Bertz CT molecular complexity index is 1510. The zero-order valence-corrected chi connectivity index (χ0v) is 23.7. The van der Waals surface area contributed by atoms with Gasteiger partial charge in [0, 0.05) is 29.7 Å². The van der Waals surface area contributed by atoms with Crippen molar-refractivity contribution < 1.29 is 9.53 Å². The van der Waals surface area contributed by atoms with Crippen molar-refractivity contribution in [3.05, 3.63) is 74.9 Å². The zero-order valence-electron chi connectivity index (χ0n) is 22.1. The van der Waals surface area contributed by atoms with Crippen LogP contribution in [0.4, 0.5) is 5.69 Å². The molecular formula is C29H32N4O3S2. The third-order valence-electron chi connectivity index (χ3n) is 6.68. The summed E-state index contributed by atoms with van der Waals surface area (Å²) in [6, 6.07) is 15.6. The lowest BCUT2D eigenvalue weighted by atomic mass is 10.0. The summed E-state index contributed by atoms with van der Waals surface area (Å²) in [4.78, 5) is 36.2. The number of amides is 1. The number of aromatic nitrogens is 2. The van der Waals surface area contributed by atoms with Crippen LogP contribution >= 0.6 is 23.1 Å². The third kappa shape index (κ3) is 5.50. The molecule has 1 N–H and O–H groups in total. The Hall–Kier alpha value is -3.14. The Morgan fingerprint density at radius 3 is 2.58 bits per heavy atom. The first-order valence-electron chi connectivity index (χ1n) is 12.9. The Labute approximate surface area is 230 Å². The van der Waals surface area contributed by atoms with E-state index in [2.05, 4.69) is 24.1 Å². The molecule has 0 fully saturated rings. The maximum Gasteiger partial charge on any atom is 0.267 e. The fourth-order valence-electron chi connectivity index (χ4n) is 4.63. The smallest absolute Gasteiger partial charge is 0.267 e. The Balaban J connectivity index is 1.51. The molecule has 38 heavy (non-hydrogen) atoms. The second-order valence-electron chi connectivity index (χ2n) is 9.66. The molecule has 4 aromatic rings. The minimum absolute atomic E-state index is 0.0869. The summed E-state index contributed by atoms with van der Waals surface area (Å²) in [6.45, 7) is 10.7. The van der Waals surface area contributed by atoms with Gasteiger partial charge in [-0.1, -0.05) is 29.5 Å². The molecule has 0 radical (unpaired) electrons. The highest BCUT2D eigenvalue weighted by Crippen LogP contribution is 2.35. The molecule has 1 aliphatic heterocycles. The molecule has 7 nitrogen and oxygen atoms in total. The zero-order chi connectivity index (χ0) is 26.8. The number of thiophene rings is 1.